The maximum Gasteiger partial charge on any atom is 0.346 e. The molecule has 21 heavy (non-hydrogen) atoms. The Morgan fingerprint density at radius 1 is 1.33 bits per heavy atom. The quantitative estimate of drug-likeness (QED) is 0.718. The fraction of sp³-hybridized carbons (Fsp3) is 0.769. The molecule has 0 unspecified atom stereocenters. The first-order valence-electron chi connectivity index (χ1n) is 7.29. The molecule has 0 spiro atoms. The smallest absolute Gasteiger partial charge is 0.323 e. The third kappa shape index (κ3) is 4.26. The lowest BCUT2D eigenvalue weighted by molar-refractivity contribution is 0.197. The average Bonchev–Trinajstić information content (AvgIpc) is 2.93. The average molecular weight is 316 g/mol. The third-order valence-electron chi connectivity index (χ3n) is 3.23. The zero-order valence-corrected chi connectivity index (χ0v) is 13.9. The van der Waals surface area contributed by atoms with Crippen molar-refractivity contribution in [1.29, 1.82) is 0 Å². The van der Waals surface area contributed by atoms with Crippen molar-refractivity contribution >= 4 is 15.9 Å². The highest BCUT2D eigenvalue weighted by Crippen LogP contribution is 2.10. The van der Waals surface area contributed by atoms with Crippen molar-refractivity contribution in [2.24, 2.45) is 0 Å². The van der Waals surface area contributed by atoms with Crippen LogP contribution in [0.2, 0.25) is 0 Å². The van der Waals surface area contributed by atoms with E-state index in [1.807, 2.05) is 6.92 Å². The Morgan fingerprint density at radius 2 is 2.00 bits per heavy atom. The second kappa shape index (κ2) is 7.53. The van der Waals surface area contributed by atoms with Crippen LogP contribution >= 0.6 is 0 Å². The molecule has 7 nitrogen and oxygen atoms in total. The van der Waals surface area contributed by atoms with Crippen LogP contribution in [0.4, 0.5) is 4.79 Å². The predicted molar refractivity (Wildman–Crippen MR) is 79.9 cm³/mol. The van der Waals surface area contributed by atoms with Gasteiger partial charge in [-0.1, -0.05) is 19.8 Å². The monoisotopic (exact) mass is 316 g/mol. The van der Waals surface area contributed by atoms with E-state index >= 15 is 0 Å². The van der Waals surface area contributed by atoms with Crippen LogP contribution in [0.25, 0.3) is 0 Å². The van der Waals surface area contributed by atoms with Gasteiger partial charge in [0.2, 0.25) is 9.84 Å². The number of hydrogen-bond acceptors (Lipinski definition) is 5. The zero-order chi connectivity index (χ0) is 16.0. The van der Waals surface area contributed by atoms with Gasteiger partial charge >= 0.3 is 6.03 Å². The van der Waals surface area contributed by atoms with Gasteiger partial charge in [0.25, 0.3) is 5.16 Å². The number of nitrogens with zero attached hydrogens (tertiary/aromatic N) is 4. The summed E-state index contributed by atoms with van der Waals surface area (Å²) in [5, 5.41) is 2.92. The van der Waals surface area contributed by atoms with E-state index in [2.05, 4.69) is 17.0 Å². The summed E-state index contributed by atoms with van der Waals surface area (Å²) in [5.41, 5.74) is 0. The number of carbonyl (C=O) groups excluding carboxylic acids is 1. The number of rotatable bonds is 7. The van der Waals surface area contributed by atoms with Gasteiger partial charge in [0, 0.05) is 13.1 Å². The van der Waals surface area contributed by atoms with Gasteiger partial charge in [0.05, 0.1) is 5.25 Å². The lowest BCUT2D eigenvalue weighted by Crippen LogP contribution is -2.35. The molecular formula is C13H24N4O3S. The van der Waals surface area contributed by atoms with E-state index in [1.54, 1.807) is 18.7 Å². The Morgan fingerprint density at radius 3 is 2.52 bits per heavy atom. The Hall–Kier alpha value is -1.44. The highest BCUT2D eigenvalue weighted by Gasteiger charge is 2.25. The van der Waals surface area contributed by atoms with Crippen LogP contribution in [-0.4, -0.2) is 52.5 Å². The van der Waals surface area contributed by atoms with E-state index in [0.29, 0.717) is 13.1 Å². The first kappa shape index (κ1) is 17.6. The van der Waals surface area contributed by atoms with Crippen molar-refractivity contribution in [3.8, 4) is 0 Å². The molecule has 0 radical (unpaired) electrons. The standard InChI is InChI=1S/C13H24N4O3S/c1-5-7-8-9-16(6-2)13(18)17-10-14-12(15-17)21(19,20)11(3)4/h10-11H,5-9H2,1-4H3. The molecule has 0 fully saturated rings. The van der Waals surface area contributed by atoms with Gasteiger partial charge in [-0.05, 0) is 27.2 Å². The normalized spacial score (nSPS) is 11.9. The van der Waals surface area contributed by atoms with Crippen molar-refractivity contribution in [1.82, 2.24) is 19.7 Å². The molecule has 0 atom stereocenters. The molecule has 1 aromatic rings. The Bertz CT molecular complexity index is 566. The van der Waals surface area contributed by atoms with E-state index in [4.69, 9.17) is 0 Å². The molecule has 0 N–H and O–H groups in total. The molecule has 0 aromatic carbocycles. The number of carbonyl (C=O) groups is 1. The minimum absolute atomic E-state index is 0.296. The fourth-order valence-corrected chi connectivity index (χ4v) is 2.59. The summed E-state index contributed by atoms with van der Waals surface area (Å²) >= 11 is 0. The molecule has 0 saturated heterocycles. The highest BCUT2D eigenvalue weighted by molar-refractivity contribution is 7.91. The maximum absolute atomic E-state index is 12.3. The van der Waals surface area contributed by atoms with Crippen LogP contribution in [0, 0.1) is 0 Å². The predicted octanol–water partition coefficient (Wildman–Crippen LogP) is 1.94. The highest BCUT2D eigenvalue weighted by atomic mass is 32.2. The van der Waals surface area contributed by atoms with E-state index in [-0.39, 0.29) is 11.2 Å². The SMILES string of the molecule is CCCCCN(CC)C(=O)n1cnc(S(=O)(=O)C(C)C)n1. The molecule has 1 amide bonds. The minimum Gasteiger partial charge on any atom is -0.323 e. The van der Waals surface area contributed by atoms with E-state index in [9.17, 15) is 13.2 Å². The fourth-order valence-electron chi connectivity index (χ4n) is 1.77. The van der Waals surface area contributed by atoms with Crippen molar-refractivity contribution in [2.75, 3.05) is 13.1 Å². The topological polar surface area (TPSA) is 85.2 Å². The van der Waals surface area contributed by atoms with Gasteiger partial charge in [-0.25, -0.2) is 18.2 Å². The molecule has 1 heterocycles. The lowest BCUT2D eigenvalue weighted by Gasteiger charge is -2.19. The van der Waals surface area contributed by atoms with Gasteiger partial charge in [-0.3, -0.25) is 0 Å². The van der Waals surface area contributed by atoms with Crippen LogP contribution in [0.15, 0.2) is 11.5 Å². The van der Waals surface area contributed by atoms with Crippen LogP contribution in [-0.2, 0) is 9.84 Å². The van der Waals surface area contributed by atoms with Gasteiger partial charge in [-0.2, -0.15) is 4.68 Å². The Kier molecular flexibility index (Phi) is 6.32. The summed E-state index contributed by atoms with van der Waals surface area (Å²) in [4.78, 5) is 17.7. The largest absolute Gasteiger partial charge is 0.346 e. The summed E-state index contributed by atoms with van der Waals surface area (Å²) in [5.74, 6) is 0. The van der Waals surface area contributed by atoms with Gasteiger partial charge in [0.1, 0.15) is 6.33 Å². The van der Waals surface area contributed by atoms with Gasteiger partial charge in [0.15, 0.2) is 0 Å². The summed E-state index contributed by atoms with van der Waals surface area (Å²) in [7, 11) is -3.56. The third-order valence-corrected chi connectivity index (χ3v) is 5.16. The number of hydrogen-bond donors (Lipinski definition) is 0. The number of amides is 1. The van der Waals surface area contributed by atoms with Crippen LogP contribution in [0.1, 0.15) is 47.0 Å². The van der Waals surface area contributed by atoms with Gasteiger partial charge < -0.3 is 4.90 Å². The number of aromatic nitrogens is 3. The molecule has 120 valence electrons. The second-order valence-corrected chi connectivity index (χ2v) is 7.53. The molecule has 1 aromatic heterocycles. The number of unbranched alkanes of at least 4 members (excludes halogenated alkanes) is 2. The first-order valence-corrected chi connectivity index (χ1v) is 8.84. The van der Waals surface area contributed by atoms with Crippen LogP contribution < -0.4 is 0 Å². The van der Waals surface area contributed by atoms with Gasteiger partial charge in [-0.15, -0.1) is 5.10 Å². The minimum atomic E-state index is -3.56. The first-order chi connectivity index (χ1) is 9.84. The molecule has 0 aliphatic carbocycles. The molecule has 8 heteroatoms. The summed E-state index contributed by atoms with van der Waals surface area (Å²) in [6.07, 6.45) is 4.21. The molecule has 1 rings (SSSR count). The zero-order valence-electron chi connectivity index (χ0n) is 13.1. The van der Waals surface area contributed by atoms with E-state index in [1.165, 1.54) is 6.33 Å². The van der Waals surface area contributed by atoms with Crippen molar-refractivity contribution in [3.63, 3.8) is 0 Å². The molecule has 0 saturated carbocycles. The molecule has 0 bridgehead atoms. The van der Waals surface area contributed by atoms with E-state index < -0.39 is 15.1 Å². The van der Waals surface area contributed by atoms with Crippen LogP contribution in [0.3, 0.4) is 0 Å². The molecular weight excluding hydrogens is 292 g/mol. The summed E-state index contributed by atoms with van der Waals surface area (Å²) < 4.78 is 24.9. The van der Waals surface area contributed by atoms with Crippen LogP contribution in [0.5, 0.6) is 0 Å². The summed E-state index contributed by atoms with van der Waals surface area (Å²) in [6, 6.07) is -0.341. The lowest BCUT2D eigenvalue weighted by atomic mass is 10.2. The number of sulfone groups is 1. The second-order valence-electron chi connectivity index (χ2n) is 5.13. The maximum atomic E-state index is 12.3. The Labute approximate surface area is 126 Å². The summed E-state index contributed by atoms with van der Waals surface area (Å²) in [6.45, 7) is 8.27. The Balaban J connectivity index is 2.86. The van der Waals surface area contributed by atoms with Crippen molar-refractivity contribution < 1.29 is 13.2 Å². The van der Waals surface area contributed by atoms with E-state index in [0.717, 1.165) is 23.9 Å². The van der Waals surface area contributed by atoms with Crippen molar-refractivity contribution in [2.45, 2.75) is 57.4 Å². The molecule has 0 aliphatic heterocycles. The van der Waals surface area contributed by atoms with Crippen molar-refractivity contribution in [3.05, 3.63) is 6.33 Å². The molecule has 0 aliphatic rings.